The van der Waals surface area contributed by atoms with Crippen LogP contribution in [0, 0.1) is 0 Å². The number of aromatic nitrogens is 2. The van der Waals surface area contributed by atoms with Gasteiger partial charge in [0.15, 0.2) is 0 Å². The largest absolute Gasteiger partial charge is 0.323 e. The topological polar surface area (TPSA) is 60.7 Å². The first kappa shape index (κ1) is 10.6. The molecule has 0 spiro atoms. The molecular weight excluding hydrogens is 214 g/mol. The number of hydrogen-bond donors (Lipinski definition) is 3. The zero-order valence-electron chi connectivity index (χ0n) is 9.92. The molecule has 90 valence electrons. The van der Waals surface area contributed by atoms with Gasteiger partial charge in [-0.15, -0.1) is 0 Å². The van der Waals surface area contributed by atoms with Crippen LogP contribution in [0.4, 0.5) is 0 Å². The molecule has 1 fully saturated rings. The Hall–Kier alpha value is -1.55. The number of rotatable bonds is 3. The summed E-state index contributed by atoms with van der Waals surface area (Å²) in [4.78, 5) is 16.7. The van der Waals surface area contributed by atoms with Crippen LogP contribution in [-0.2, 0) is 0 Å². The molecule has 1 aromatic carbocycles. The Balaban J connectivity index is 1.85. The van der Waals surface area contributed by atoms with Gasteiger partial charge < -0.3 is 15.3 Å². The van der Waals surface area contributed by atoms with Crippen LogP contribution in [0.3, 0.4) is 0 Å². The molecule has 1 aliphatic carbocycles. The van der Waals surface area contributed by atoms with Crippen molar-refractivity contribution in [1.82, 2.24) is 15.3 Å². The van der Waals surface area contributed by atoms with E-state index in [9.17, 15) is 4.79 Å². The second-order valence-electron chi connectivity index (χ2n) is 4.90. The third-order valence-corrected chi connectivity index (χ3v) is 3.63. The molecule has 17 heavy (non-hydrogen) atoms. The molecular formula is C13H17N3O. The van der Waals surface area contributed by atoms with Crippen molar-refractivity contribution in [3.63, 3.8) is 0 Å². The number of imidazole rings is 1. The minimum atomic E-state index is -0.142. The van der Waals surface area contributed by atoms with Crippen molar-refractivity contribution in [2.75, 3.05) is 0 Å². The lowest BCUT2D eigenvalue weighted by Crippen LogP contribution is -2.36. The quantitative estimate of drug-likeness (QED) is 0.757. The van der Waals surface area contributed by atoms with Crippen LogP contribution < -0.4 is 11.0 Å². The van der Waals surface area contributed by atoms with E-state index in [4.69, 9.17) is 0 Å². The summed E-state index contributed by atoms with van der Waals surface area (Å²) in [7, 11) is 0. The second kappa shape index (κ2) is 4.04. The normalized spacial score (nSPS) is 18.2. The van der Waals surface area contributed by atoms with Gasteiger partial charge in [-0.3, -0.25) is 0 Å². The molecule has 0 aliphatic heterocycles. The fraction of sp³-hybridized carbons (Fsp3) is 0.462. The molecule has 3 N–H and O–H groups in total. The minimum Gasteiger partial charge on any atom is -0.307 e. The van der Waals surface area contributed by atoms with Gasteiger partial charge in [0.05, 0.1) is 11.0 Å². The highest BCUT2D eigenvalue weighted by Gasteiger charge is 2.19. The lowest BCUT2D eigenvalue weighted by atomic mass is 9.92. The molecule has 0 radical (unpaired) electrons. The van der Waals surface area contributed by atoms with E-state index in [1.165, 1.54) is 24.8 Å². The molecule has 0 amide bonds. The fourth-order valence-electron chi connectivity index (χ4n) is 2.34. The van der Waals surface area contributed by atoms with E-state index in [0.29, 0.717) is 12.1 Å². The van der Waals surface area contributed by atoms with Crippen LogP contribution >= 0.6 is 0 Å². The van der Waals surface area contributed by atoms with E-state index in [1.807, 2.05) is 12.1 Å². The number of benzene rings is 1. The minimum absolute atomic E-state index is 0.142. The van der Waals surface area contributed by atoms with Crippen LogP contribution in [0.1, 0.15) is 37.8 Å². The van der Waals surface area contributed by atoms with E-state index in [-0.39, 0.29) is 5.69 Å². The first-order valence-electron chi connectivity index (χ1n) is 6.20. The molecule has 1 atom stereocenters. The standard InChI is InChI=1S/C13H17N3O/c1-8(14-10-3-2-4-10)9-5-6-11-12(7-9)16-13(17)15-11/h5-8,10,14H,2-4H2,1H3,(H2,15,16,17). The highest BCUT2D eigenvalue weighted by molar-refractivity contribution is 5.75. The van der Waals surface area contributed by atoms with Crippen molar-refractivity contribution >= 4 is 11.0 Å². The Labute approximate surface area is 99.4 Å². The van der Waals surface area contributed by atoms with Gasteiger partial charge in [0, 0.05) is 12.1 Å². The molecule has 1 heterocycles. The predicted octanol–water partition coefficient (Wildman–Crippen LogP) is 2.06. The first-order chi connectivity index (χ1) is 8.22. The van der Waals surface area contributed by atoms with Gasteiger partial charge in [0.2, 0.25) is 0 Å². The zero-order chi connectivity index (χ0) is 11.8. The average Bonchev–Trinajstić information content (AvgIpc) is 2.62. The van der Waals surface area contributed by atoms with E-state index in [0.717, 1.165) is 11.0 Å². The van der Waals surface area contributed by atoms with Crippen LogP contribution in [0.25, 0.3) is 11.0 Å². The van der Waals surface area contributed by atoms with Gasteiger partial charge >= 0.3 is 5.69 Å². The van der Waals surface area contributed by atoms with Crippen molar-refractivity contribution < 1.29 is 0 Å². The summed E-state index contributed by atoms with van der Waals surface area (Å²) in [5.74, 6) is 0. The van der Waals surface area contributed by atoms with Gasteiger partial charge in [0.25, 0.3) is 0 Å². The average molecular weight is 231 g/mol. The van der Waals surface area contributed by atoms with E-state index < -0.39 is 0 Å². The summed E-state index contributed by atoms with van der Waals surface area (Å²) in [6.07, 6.45) is 3.91. The van der Waals surface area contributed by atoms with Gasteiger partial charge in [-0.25, -0.2) is 4.79 Å². The fourth-order valence-corrected chi connectivity index (χ4v) is 2.34. The first-order valence-corrected chi connectivity index (χ1v) is 6.20. The van der Waals surface area contributed by atoms with Crippen molar-refractivity contribution in [3.8, 4) is 0 Å². The molecule has 0 saturated heterocycles. The second-order valence-corrected chi connectivity index (χ2v) is 4.90. The molecule has 1 aliphatic rings. The van der Waals surface area contributed by atoms with E-state index in [2.05, 4.69) is 28.3 Å². The van der Waals surface area contributed by atoms with Crippen LogP contribution in [0.5, 0.6) is 0 Å². The van der Waals surface area contributed by atoms with E-state index >= 15 is 0 Å². The Morgan fingerprint density at radius 3 is 2.76 bits per heavy atom. The van der Waals surface area contributed by atoms with Crippen LogP contribution in [-0.4, -0.2) is 16.0 Å². The molecule has 0 bridgehead atoms. The summed E-state index contributed by atoms with van der Waals surface area (Å²) >= 11 is 0. The lowest BCUT2D eigenvalue weighted by Gasteiger charge is -2.30. The van der Waals surface area contributed by atoms with Gasteiger partial charge in [-0.2, -0.15) is 0 Å². The lowest BCUT2D eigenvalue weighted by molar-refractivity contribution is 0.313. The smallest absolute Gasteiger partial charge is 0.307 e. The molecule has 1 saturated carbocycles. The third kappa shape index (κ3) is 2.00. The SMILES string of the molecule is CC(NC1CCC1)c1ccc2[nH]c(=O)[nH]c2c1. The maximum atomic E-state index is 11.2. The third-order valence-electron chi connectivity index (χ3n) is 3.63. The molecule has 2 aromatic rings. The highest BCUT2D eigenvalue weighted by Crippen LogP contribution is 2.23. The summed E-state index contributed by atoms with van der Waals surface area (Å²) in [5, 5.41) is 3.60. The summed E-state index contributed by atoms with van der Waals surface area (Å²) in [6.45, 7) is 2.17. The van der Waals surface area contributed by atoms with Gasteiger partial charge in [0.1, 0.15) is 0 Å². The Morgan fingerprint density at radius 2 is 2.06 bits per heavy atom. The van der Waals surface area contributed by atoms with Crippen molar-refractivity contribution in [2.45, 2.75) is 38.3 Å². The number of H-pyrrole nitrogens is 2. The van der Waals surface area contributed by atoms with Crippen molar-refractivity contribution in [2.24, 2.45) is 0 Å². The van der Waals surface area contributed by atoms with Crippen LogP contribution in [0.2, 0.25) is 0 Å². The Kier molecular flexibility index (Phi) is 2.52. The van der Waals surface area contributed by atoms with Gasteiger partial charge in [-0.1, -0.05) is 12.5 Å². The zero-order valence-corrected chi connectivity index (χ0v) is 9.92. The molecule has 4 nitrogen and oxygen atoms in total. The summed E-state index contributed by atoms with van der Waals surface area (Å²) in [6, 6.07) is 7.09. The molecule has 4 heteroatoms. The highest BCUT2D eigenvalue weighted by atomic mass is 16.1. The van der Waals surface area contributed by atoms with Crippen LogP contribution in [0.15, 0.2) is 23.0 Å². The van der Waals surface area contributed by atoms with Crippen molar-refractivity contribution in [3.05, 3.63) is 34.2 Å². The van der Waals surface area contributed by atoms with E-state index in [1.54, 1.807) is 0 Å². The maximum Gasteiger partial charge on any atom is 0.323 e. The Bertz CT molecular complexity index is 580. The maximum absolute atomic E-state index is 11.2. The Morgan fingerprint density at radius 1 is 1.29 bits per heavy atom. The number of aromatic amines is 2. The number of nitrogens with one attached hydrogen (secondary N) is 3. The number of hydrogen-bond acceptors (Lipinski definition) is 2. The molecule has 1 aromatic heterocycles. The monoisotopic (exact) mass is 231 g/mol. The number of fused-ring (bicyclic) bond motifs is 1. The van der Waals surface area contributed by atoms with Gasteiger partial charge in [-0.05, 0) is 37.5 Å². The summed E-state index contributed by atoms with van der Waals surface area (Å²) < 4.78 is 0. The predicted molar refractivity (Wildman–Crippen MR) is 68.1 cm³/mol. The molecule has 3 rings (SSSR count). The van der Waals surface area contributed by atoms with Crippen molar-refractivity contribution in [1.29, 1.82) is 0 Å². The molecule has 1 unspecified atom stereocenters. The summed E-state index contributed by atoms with van der Waals surface area (Å²) in [5.41, 5.74) is 2.83.